The Kier molecular flexibility index (Phi) is 6.33. The minimum Gasteiger partial charge on any atom is -0.326 e. The molecule has 0 saturated heterocycles. The Morgan fingerprint density at radius 1 is 1.22 bits per heavy atom. The van der Waals surface area contributed by atoms with E-state index < -0.39 is 0 Å². The van der Waals surface area contributed by atoms with Gasteiger partial charge in [0.15, 0.2) is 0 Å². The van der Waals surface area contributed by atoms with Crippen LogP contribution in [0.4, 0.5) is 0 Å². The standard InChI is InChI=1S/C15H25BrN2/c1-11(2)9-18(12(3)4)10-14-6-5-13(8-17)7-15(14)16/h5-7,11-12H,8-10,17H2,1-4H3. The molecule has 0 aliphatic carbocycles. The summed E-state index contributed by atoms with van der Waals surface area (Å²) in [5.74, 6) is 0.689. The normalized spacial score (nSPS) is 11.8. The van der Waals surface area contributed by atoms with Crippen molar-refractivity contribution in [3.8, 4) is 0 Å². The zero-order chi connectivity index (χ0) is 13.7. The topological polar surface area (TPSA) is 29.3 Å². The summed E-state index contributed by atoms with van der Waals surface area (Å²) in [6, 6.07) is 6.99. The first-order chi connectivity index (χ1) is 8.43. The summed E-state index contributed by atoms with van der Waals surface area (Å²) in [5.41, 5.74) is 8.16. The Hall–Kier alpha value is -0.380. The summed E-state index contributed by atoms with van der Waals surface area (Å²) in [6.45, 7) is 11.8. The van der Waals surface area contributed by atoms with Gasteiger partial charge in [0.05, 0.1) is 0 Å². The lowest BCUT2D eigenvalue weighted by molar-refractivity contribution is 0.189. The van der Waals surface area contributed by atoms with Crippen molar-refractivity contribution < 1.29 is 0 Å². The fourth-order valence-electron chi connectivity index (χ4n) is 1.99. The molecule has 0 atom stereocenters. The number of halogens is 1. The Labute approximate surface area is 120 Å². The molecule has 0 heterocycles. The van der Waals surface area contributed by atoms with Crippen LogP contribution in [0.3, 0.4) is 0 Å². The fourth-order valence-corrected chi connectivity index (χ4v) is 2.54. The highest BCUT2D eigenvalue weighted by molar-refractivity contribution is 9.10. The zero-order valence-corrected chi connectivity index (χ0v) is 13.5. The van der Waals surface area contributed by atoms with E-state index in [1.54, 1.807) is 0 Å². The highest BCUT2D eigenvalue weighted by Crippen LogP contribution is 2.21. The van der Waals surface area contributed by atoms with E-state index >= 15 is 0 Å². The Bertz CT molecular complexity index is 375. The summed E-state index contributed by atoms with van der Waals surface area (Å²) in [4.78, 5) is 2.51. The van der Waals surface area contributed by atoms with Gasteiger partial charge >= 0.3 is 0 Å². The lowest BCUT2D eigenvalue weighted by atomic mass is 10.1. The summed E-state index contributed by atoms with van der Waals surface area (Å²) < 4.78 is 1.17. The monoisotopic (exact) mass is 312 g/mol. The van der Waals surface area contributed by atoms with Crippen molar-refractivity contribution in [2.24, 2.45) is 11.7 Å². The van der Waals surface area contributed by atoms with Crippen LogP contribution in [0.2, 0.25) is 0 Å². The average Bonchev–Trinajstić information content (AvgIpc) is 2.29. The van der Waals surface area contributed by atoms with Crippen LogP contribution < -0.4 is 5.73 Å². The number of hydrogen-bond acceptors (Lipinski definition) is 2. The first-order valence-electron chi connectivity index (χ1n) is 6.65. The fraction of sp³-hybridized carbons (Fsp3) is 0.600. The molecule has 0 fully saturated rings. The van der Waals surface area contributed by atoms with Gasteiger partial charge < -0.3 is 5.73 Å². The smallest absolute Gasteiger partial charge is 0.0247 e. The van der Waals surface area contributed by atoms with Crippen LogP contribution in [-0.4, -0.2) is 17.5 Å². The van der Waals surface area contributed by atoms with Gasteiger partial charge in [-0.3, -0.25) is 4.90 Å². The van der Waals surface area contributed by atoms with Crippen LogP contribution in [0.5, 0.6) is 0 Å². The molecule has 0 aliphatic rings. The Morgan fingerprint density at radius 2 is 1.89 bits per heavy atom. The second-order valence-electron chi connectivity index (χ2n) is 5.55. The third-order valence-electron chi connectivity index (χ3n) is 3.06. The maximum atomic E-state index is 5.65. The van der Waals surface area contributed by atoms with Crippen molar-refractivity contribution in [2.45, 2.75) is 46.8 Å². The van der Waals surface area contributed by atoms with Gasteiger partial charge in [-0.05, 0) is 37.0 Å². The maximum Gasteiger partial charge on any atom is 0.0247 e. The van der Waals surface area contributed by atoms with E-state index in [0.29, 0.717) is 18.5 Å². The molecule has 0 saturated carbocycles. The molecule has 0 aromatic heterocycles. The van der Waals surface area contributed by atoms with Crippen LogP contribution in [0.15, 0.2) is 22.7 Å². The van der Waals surface area contributed by atoms with Crippen molar-refractivity contribution in [3.63, 3.8) is 0 Å². The van der Waals surface area contributed by atoms with Gasteiger partial charge in [0, 0.05) is 30.1 Å². The summed E-state index contributed by atoms with van der Waals surface area (Å²) in [7, 11) is 0. The van der Waals surface area contributed by atoms with Gasteiger partial charge in [-0.1, -0.05) is 41.9 Å². The summed E-state index contributed by atoms with van der Waals surface area (Å²) >= 11 is 3.65. The first-order valence-corrected chi connectivity index (χ1v) is 7.44. The van der Waals surface area contributed by atoms with E-state index in [-0.39, 0.29) is 0 Å². The molecule has 0 unspecified atom stereocenters. The third kappa shape index (κ3) is 4.71. The quantitative estimate of drug-likeness (QED) is 0.866. The van der Waals surface area contributed by atoms with Crippen LogP contribution >= 0.6 is 15.9 Å². The number of rotatable bonds is 6. The summed E-state index contributed by atoms with van der Waals surface area (Å²) in [5, 5.41) is 0. The number of hydrogen-bond donors (Lipinski definition) is 1. The minimum atomic E-state index is 0.563. The average molecular weight is 313 g/mol. The molecule has 1 aromatic carbocycles. The predicted octanol–water partition coefficient (Wildman–Crippen LogP) is 3.77. The molecule has 2 nitrogen and oxygen atoms in total. The van der Waals surface area contributed by atoms with E-state index in [4.69, 9.17) is 5.73 Å². The van der Waals surface area contributed by atoms with Crippen LogP contribution in [-0.2, 0) is 13.1 Å². The molecule has 0 spiro atoms. The van der Waals surface area contributed by atoms with Crippen LogP contribution in [0.25, 0.3) is 0 Å². The summed E-state index contributed by atoms with van der Waals surface area (Å²) in [6.07, 6.45) is 0. The molecule has 1 rings (SSSR count). The Morgan fingerprint density at radius 3 is 2.33 bits per heavy atom. The maximum absolute atomic E-state index is 5.65. The number of nitrogens with two attached hydrogens (primary N) is 1. The lowest BCUT2D eigenvalue weighted by Crippen LogP contribution is -2.33. The highest BCUT2D eigenvalue weighted by atomic mass is 79.9. The Balaban J connectivity index is 2.80. The van der Waals surface area contributed by atoms with Crippen LogP contribution in [0, 0.1) is 5.92 Å². The minimum absolute atomic E-state index is 0.563. The van der Waals surface area contributed by atoms with Crippen molar-refractivity contribution in [1.82, 2.24) is 4.90 Å². The molecule has 0 bridgehead atoms. The van der Waals surface area contributed by atoms with Crippen molar-refractivity contribution in [1.29, 1.82) is 0 Å². The number of benzene rings is 1. The van der Waals surface area contributed by atoms with E-state index in [2.05, 4.69) is 66.7 Å². The molecule has 0 aliphatic heterocycles. The van der Waals surface area contributed by atoms with Crippen molar-refractivity contribution in [2.75, 3.05) is 6.54 Å². The van der Waals surface area contributed by atoms with Gasteiger partial charge in [0.2, 0.25) is 0 Å². The third-order valence-corrected chi connectivity index (χ3v) is 3.79. The van der Waals surface area contributed by atoms with E-state index in [9.17, 15) is 0 Å². The van der Waals surface area contributed by atoms with Gasteiger partial charge in [0.25, 0.3) is 0 Å². The molecule has 1 aromatic rings. The van der Waals surface area contributed by atoms with E-state index in [1.807, 2.05) is 0 Å². The second kappa shape index (κ2) is 7.27. The zero-order valence-electron chi connectivity index (χ0n) is 11.9. The van der Waals surface area contributed by atoms with E-state index in [1.165, 1.54) is 15.6 Å². The molecular weight excluding hydrogens is 288 g/mol. The van der Waals surface area contributed by atoms with Crippen molar-refractivity contribution in [3.05, 3.63) is 33.8 Å². The molecule has 18 heavy (non-hydrogen) atoms. The molecule has 0 amide bonds. The number of nitrogens with zero attached hydrogens (tertiary/aromatic N) is 1. The predicted molar refractivity (Wildman–Crippen MR) is 82.4 cm³/mol. The first kappa shape index (κ1) is 15.7. The molecular formula is C15H25BrN2. The highest BCUT2D eigenvalue weighted by Gasteiger charge is 2.13. The largest absolute Gasteiger partial charge is 0.326 e. The van der Waals surface area contributed by atoms with Crippen LogP contribution in [0.1, 0.15) is 38.8 Å². The van der Waals surface area contributed by atoms with Crippen molar-refractivity contribution >= 4 is 15.9 Å². The molecule has 102 valence electrons. The van der Waals surface area contributed by atoms with Gasteiger partial charge in [0.1, 0.15) is 0 Å². The van der Waals surface area contributed by atoms with Gasteiger partial charge in [-0.2, -0.15) is 0 Å². The molecule has 3 heteroatoms. The second-order valence-corrected chi connectivity index (χ2v) is 6.40. The van der Waals surface area contributed by atoms with Gasteiger partial charge in [-0.25, -0.2) is 0 Å². The molecule has 2 N–H and O–H groups in total. The molecule has 0 radical (unpaired) electrons. The lowest BCUT2D eigenvalue weighted by Gasteiger charge is -2.28. The van der Waals surface area contributed by atoms with Gasteiger partial charge in [-0.15, -0.1) is 0 Å². The SMILES string of the molecule is CC(C)CN(Cc1ccc(CN)cc1Br)C(C)C. The van der Waals surface area contributed by atoms with E-state index in [0.717, 1.165) is 13.1 Å².